The van der Waals surface area contributed by atoms with Crippen LogP contribution >= 0.6 is 23.7 Å². The SMILES string of the molecule is FC(F)(F)C1(C(F)(F)F)SN(C23CC4CC(CC(C4)C2)C3)C2(S1)c1ccccc1-c1ccccc12. The van der Waals surface area contributed by atoms with E-state index in [4.69, 9.17) is 0 Å². The molecule has 0 amide bonds. The molecule has 2 aromatic rings. The minimum absolute atomic E-state index is 0.0300. The molecule has 1 spiro atoms. The number of thioether (sulfide) groups is 1. The van der Waals surface area contributed by atoms with Gasteiger partial charge in [0.15, 0.2) is 0 Å². The Labute approximate surface area is 208 Å². The van der Waals surface area contributed by atoms with Gasteiger partial charge in [0.1, 0.15) is 4.87 Å². The maximum atomic E-state index is 14.7. The number of rotatable bonds is 1. The van der Waals surface area contributed by atoms with Crippen LogP contribution < -0.4 is 0 Å². The van der Waals surface area contributed by atoms with E-state index in [2.05, 4.69) is 0 Å². The molecule has 5 aliphatic carbocycles. The lowest BCUT2D eigenvalue weighted by Crippen LogP contribution is -2.61. The van der Waals surface area contributed by atoms with Gasteiger partial charge in [-0.15, -0.1) is 0 Å². The van der Waals surface area contributed by atoms with Crippen LogP contribution in [0.4, 0.5) is 26.3 Å². The summed E-state index contributed by atoms with van der Waals surface area (Å²) in [6.07, 6.45) is -5.79. The zero-order chi connectivity index (χ0) is 24.4. The maximum Gasteiger partial charge on any atom is 0.422 e. The summed E-state index contributed by atoms with van der Waals surface area (Å²) >= 11 is 0.0933. The smallest absolute Gasteiger partial charge is 0.218 e. The molecule has 0 radical (unpaired) electrons. The summed E-state index contributed by atoms with van der Waals surface area (Å²) in [5.41, 5.74) is 1.86. The first-order valence-corrected chi connectivity index (χ1v) is 13.6. The van der Waals surface area contributed by atoms with Crippen LogP contribution in [0.5, 0.6) is 0 Å². The van der Waals surface area contributed by atoms with Gasteiger partial charge in [-0.2, -0.15) is 26.3 Å². The second-order valence-electron chi connectivity index (χ2n) is 11.0. The van der Waals surface area contributed by atoms with E-state index in [9.17, 15) is 26.3 Å². The van der Waals surface area contributed by atoms with Crippen molar-refractivity contribution in [2.24, 2.45) is 17.8 Å². The third-order valence-electron chi connectivity index (χ3n) is 8.85. The Kier molecular flexibility index (Phi) is 4.54. The molecule has 1 heterocycles. The summed E-state index contributed by atoms with van der Waals surface area (Å²) in [7, 11) is 0. The number of hydrogen-bond donors (Lipinski definition) is 0. The summed E-state index contributed by atoms with van der Waals surface area (Å²) in [6, 6.07) is 14.2. The second kappa shape index (κ2) is 6.95. The summed E-state index contributed by atoms with van der Waals surface area (Å²) in [6.45, 7) is 0. The van der Waals surface area contributed by atoms with E-state index < -0.39 is 26.8 Å². The van der Waals surface area contributed by atoms with Crippen molar-refractivity contribution >= 4 is 23.7 Å². The molecule has 0 unspecified atom stereocenters. The van der Waals surface area contributed by atoms with Gasteiger partial charge in [-0.25, -0.2) is 4.31 Å². The van der Waals surface area contributed by atoms with Gasteiger partial charge in [0.25, 0.3) is 4.08 Å². The quantitative estimate of drug-likeness (QED) is 0.271. The highest BCUT2D eigenvalue weighted by Crippen LogP contribution is 2.79. The average Bonchev–Trinajstić information content (AvgIpc) is 3.30. The minimum Gasteiger partial charge on any atom is -0.218 e. The molecule has 186 valence electrons. The molecule has 1 aliphatic heterocycles. The first-order chi connectivity index (χ1) is 16.5. The molecule has 1 saturated heterocycles. The lowest BCUT2D eigenvalue weighted by atomic mass is 9.52. The third-order valence-corrected chi connectivity index (χ3v) is 12.7. The fraction of sp³-hybridized carbons (Fsp3) is 0.538. The summed E-state index contributed by atoms with van der Waals surface area (Å²) in [5.74, 6) is 1.13. The topological polar surface area (TPSA) is 3.24 Å². The van der Waals surface area contributed by atoms with Crippen LogP contribution in [-0.2, 0) is 4.87 Å². The molecule has 5 fully saturated rings. The fourth-order valence-corrected chi connectivity index (χ4v) is 11.8. The third kappa shape index (κ3) is 2.81. The van der Waals surface area contributed by atoms with Gasteiger partial charge >= 0.3 is 12.4 Å². The number of hydrogen-bond acceptors (Lipinski definition) is 3. The number of fused-ring (bicyclic) bond motifs is 5. The first kappa shape index (κ1) is 22.8. The monoisotopic (exact) mass is 527 g/mol. The molecule has 1 nitrogen and oxygen atoms in total. The Balaban J connectivity index is 1.52. The molecule has 0 N–H and O–H groups in total. The number of halogens is 6. The van der Waals surface area contributed by atoms with E-state index in [0.717, 1.165) is 30.4 Å². The van der Waals surface area contributed by atoms with E-state index in [1.54, 1.807) is 40.7 Å². The van der Waals surface area contributed by atoms with Gasteiger partial charge in [-0.3, -0.25) is 0 Å². The maximum absolute atomic E-state index is 14.7. The van der Waals surface area contributed by atoms with Crippen molar-refractivity contribution in [3.8, 4) is 11.1 Å². The Morgan fingerprint density at radius 3 is 1.54 bits per heavy atom. The number of alkyl halides is 6. The molecule has 6 aliphatic rings. The van der Waals surface area contributed by atoms with Crippen molar-refractivity contribution in [1.29, 1.82) is 0 Å². The highest BCUT2D eigenvalue weighted by molar-refractivity contribution is 8.20. The van der Waals surface area contributed by atoms with Gasteiger partial charge in [0.05, 0.1) is 0 Å². The van der Waals surface area contributed by atoms with E-state index in [0.29, 0.717) is 48.1 Å². The highest BCUT2D eigenvalue weighted by Gasteiger charge is 2.82. The molecule has 4 bridgehead atoms. The van der Waals surface area contributed by atoms with Crippen molar-refractivity contribution in [2.75, 3.05) is 0 Å². The van der Waals surface area contributed by atoms with Gasteiger partial charge in [0.2, 0.25) is 0 Å². The van der Waals surface area contributed by atoms with Crippen LogP contribution in [0.15, 0.2) is 48.5 Å². The van der Waals surface area contributed by atoms with Crippen LogP contribution in [-0.4, -0.2) is 26.3 Å². The van der Waals surface area contributed by atoms with Crippen LogP contribution in [0.3, 0.4) is 0 Å². The van der Waals surface area contributed by atoms with Crippen LogP contribution in [0.2, 0.25) is 0 Å². The van der Waals surface area contributed by atoms with Crippen molar-refractivity contribution in [3.63, 3.8) is 0 Å². The van der Waals surface area contributed by atoms with E-state index in [1.165, 1.54) is 0 Å². The number of benzene rings is 2. The number of nitrogens with zero attached hydrogens (tertiary/aromatic N) is 1. The van der Waals surface area contributed by atoms with Gasteiger partial charge in [-0.05, 0) is 90.5 Å². The molecule has 4 saturated carbocycles. The molecule has 8 rings (SSSR count). The molecule has 2 aromatic carbocycles. The normalized spacial score (nSPS) is 34.4. The Hall–Kier alpha value is -1.32. The fourth-order valence-electron chi connectivity index (χ4n) is 8.09. The molecule has 35 heavy (non-hydrogen) atoms. The molecule has 0 atom stereocenters. The first-order valence-electron chi connectivity index (χ1n) is 12.0. The standard InChI is InChI=1S/C26H23F6NS2/c27-25(28,29)24(26(30,31)32)34-23(20-7-3-1-5-18(20)19-6-2-4-8-21(19)23)33(35-24)22-12-15-9-16(13-22)11-17(10-15)14-22/h1-8,15-17H,9-14H2. The van der Waals surface area contributed by atoms with Crippen molar-refractivity contribution in [3.05, 3.63) is 59.7 Å². The lowest BCUT2D eigenvalue weighted by molar-refractivity contribution is -0.236. The van der Waals surface area contributed by atoms with Gasteiger partial charge < -0.3 is 0 Å². The van der Waals surface area contributed by atoms with E-state index >= 15 is 0 Å². The van der Waals surface area contributed by atoms with Crippen LogP contribution in [0.25, 0.3) is 11.1 Å². The van der Waals surface area contributed by atoms with E-state index in [-0.39, 0.29) is 23.7 Å². The zero-order valence-electron chi connectivity index (χ0n) is 18.6. The van der Waals surface area contributed by atoms with E-state index in [1.807, 2.05) is 12.1 Å². The molecular formula is C26H23F6NS2. The molecule has 0 aromatic heterocycles. The van der Waals surface area contributed by atoms with Gasteiger partial charge in [0, 0.05) is 5.54 Å². The summed E-state index contributed by atoms with van der Waals surface area (Å²) < 4.78 is 85.6. The van der Waals surface area contributed by atoms with Crippen molar-refractivity contribution in [2.45, 2.75) is 65.4 Å². The molecule has 9 heteroatoms. The van der Waals surface area contributed by atoms with Crippen molar-refractivity contribution < 1.29 is 26.3 Å². The Morgan fingerprint density at radius 1 is 0.686 bits per heavy atom. The largest absolute Gasteiger partial charge is 0.422 e. The highest BCUT2D eigenvalue weighted by atomic mass is 32.2. The molecular weight excluding hydrogens is 504 g/mol. The predicted molar refractivity (Wildman–Crippen MR) is 125 cm³/mol. The summed E-state index contributed by atoms with van der Waals surface area (Å²) in [5, 5.41) is 0. The van der Waals surface area contributed by atoms with Crippen molar-refractivity contribution in [1.82, 2.24) is 4.31 Å². The van der Waals surface area contributed by atoms with Crippen LogP contribution in [0, 0.1) is 17.8 Å². The second-order valence-corrected chi connectivity index (χ2v) is 13.8. The van der Waals surface area contributed by atoms with Gasteiger partial charge in [-0.1, -0.05) is 60.3 Å². The summed E-state index contributed by atoms with van der Waals surface area (Å²) in [4.78, 5) is -1.56. The average molecular weight is 528 g/mol. The Morgan fingerprint density at radius 2 is 1.11 bits per heavy atom. The van der Waals surface area contributed by atoms with Crippen LogP contribution in [0.1, 0.15) is 49.7 Å². The predicted octanol–water partition coefficient (Wildman–Crippen LogP) is 8.35. The lowest BCUT2D eigenvalue weighted by Gasteiger charge is -2.61. The zero-order valence-corrected chi connectivity index (χ0v) is 20.3. The Bertz CT molecular complexity index is 1110. The minimum atomic E-state index is -5.48.